The summed E-state index contributed by atoms with van der Waals surface area (Å²) < 4.78 is 6.25. The lowest BCUT2D eigenvalue weighted by molar-refractivity contribution is 0.413. The highest BCUT2D eigenvalue weighted by molar-refractivity contribution is 9.10. The zero-order valence-electron chi connectivity index (χ0n) is 9.58. The Morgan fingerprint density at radius 2 is 2.00 bits per heavy atom. The van der Waals surface area contributed by atoms with Gasteiger partial charge in [-0.25, -0.2) is 0 Å². The lowest BCUT2D eigenvalue weighted by atomic mass is 10.1. The fourth-order valence-corrected chi connectivity index (χ4v) is 2.74. The van der Waals surface area contributed by atoms with Gasteiger partial charge in [0.15, 0.2) is 0 Å². The molecule has 0 N–H and O–H groups in total. The highest BCUT2D eigenvalue weighted by Gasteiger charge is 2.07. The summed E-state index contributed by atoms with van der Waals surface area (Å²) >= 11 is 9.53. The molecule has 0 spiro atoms. The van der Waals surface area contributed by atoms with Crippen LogP contribution in [0.1, 0.15) is 0 Å². The molecule has 2 nitrogen and oxygen atoms in total. The molecular formula is C14H9BrClNO. The summed E-state index contributed by atoms with van der Waals surface area (Å²) in [5, 5.41) is 3.88. The topological polar surface area (TPSA) is 22.1 Å². The normalized spacial score (nSPS) is 11.1. The molecule has 0 saturated heterocycles. The Kier molecular flexibility index (Phi) is 2.88. The fraction of sp³-hybridized carbons (Fsp3) is 0.0714. The van der Waals surface area contributed by atoms with Gasteiger partial charge in [0.2, 0.25) is 0 Å². The van der Waals surface area contributed by atoms with Crippen LogP contribution in [-0.4, -0.2) is 12.1 Å². The molecule has 0 bridgehead atoms. The van der Waals surface area contributed by atoms with Crippen molar-refractivity contribution in [3.63, 3.8) is 0 Å². The number of hydrogen-bond acceptors (Lipinski definition) is 2. The molecule has 3 rings (SSSR count). The molecule has 0 fully saturated rings. The van der Waals surface area contributed by atoms with Gasteiger partial charge in [-0.05, 0) is 51.6 Å². The molecule has 0 saturated carbocycles. The highest BCUT2D eigenvalue weighted by atomic mass is 79.9. The number of hydrogen-bond donors (Lipinski definition) is 0. The van der Waals surface area contributed by atoms with Gasteiger partial charge in [-0.2, -0.15) is 0 Å². The lowest BCUT2D eigenvalue weighted by Crippen LogP contribution is -1.87. The Morgan fingerprint density at radius 1 is 1.17 bits per heavy atom. The molecular weight excluding hydrogens is 314 g/mol. The third-order valence-corrected chi connectivity index (χ3v) is 3.77. The molecule has 0 aliphatic rings. The number of ether oxygens (including phenoxy) is 1. The van der Waals surface area contributed by atoms with E-state index < -0.39 is 0 Å². The number of benzene rings is 2. The van der Waals surface area contributed by atoms with Gasteiger partial charge in [0.05, 0.1) is 17.1 Å². The Labute approximate surface area is 118 Å². The van der Waals surface area contributed by atoms with Crippen molar-refractivity contribution in [2.45, 2.75) is 0 Å². The Morgan fingerprint density at radius 3 is 2.78 bits per heavy atom. The summed E-state index contributed by atoms with van der Waals surface area (Å²) in [5.41, 5.74) is 0.927. The maximum atomic E-state index is 6.06. The van der Waals surface area contributed by atoms with Crippen LogP contribution in [-0.2, 0) is 0 Å². The fourth-order valence-electron chi connectivity index (χ4n) is 2.04. The average molecular weight is 323 g/mol. The molecule has 0 aliphatic heterocycles. The van der Waals surface area contributed by atoms with Crippen molar-refractivity contribution in [2.24, 2.45) is 0 Å². The van der Waals surface area contributed by atoms with Gasteiger partial charge in [0.25, 0.3) is 0 Å². The molecule has 1 heterocycles. The van der Waals surface area contributed by atoms with Crippen LogP contribution in [0.25, 0.3) is 21.7 Å². The molecule has 90 valence electrons. The summed E-state index contributed by atoms with van der Waals surface area (Å²) in [4.78, 5) is 4.43. The van der Waals surface area contributed by atoms with Crippen LogP contribution in [0.4, 0.5) is 0 Å². The molecule has 0 atom stereocenters. The quantitative estimate of drug-likeness (QED) is 0.600. The van der Waals surface area contributed by atoms with Crippen LogP contribution < -0.4 is 4.74 Å². The van der Waals surface area contributed by atoms with Crippen LogP contribution in [0.2, 0.25) is 5.02 Å². The van der Waals surface area contributed by atoms with E-state index in [0.29, 0.717) is 5.02 Å². The van der Waals surface area contributed by atoms with Crippen LogP contribution >= 0.6 is 27.5 Å². The lowest BCUT2D eigenvalue weighted by Gasteiger charge is -2.08. The number of fused-ring (bicyclic) bond motifs is 3. The van der Waals surface area contributed by atoms with Gasteiger partial charge in [0, 0.05) is 22.0 Å². The van der Waals surface area contributed by atoms with Crippen molar-refractivity contribution in [1.82, 2.24) is 4.98 Å². The SMILES string of the molecule is COc1cc2c(cnc3ccc(Cl)cc32)cc1Br. The summed E-state index contributed by atoms with van der Waals surface area (Å²) in [6.45, 7) is 0. The van der Waals surface area contributed by atoms with Gasteiger partial charge in [-0.1, -0.05) is 11.6 Å². The summed E-state index contributed by atoms with van der Waals surface area (Å²) in [6.07, 6.45) is 1.86. The van der Waals surface area contributed by atoms with Crippen molar-refractivity contribution >= 4 is 49.2 Å². The summed E-state index contributed by atoms with van der Waals surface area (Å²) in [6, 6.07) is 9.70. The minimum absolute atomic E-state index is 0.707. The molecule has 18 heavy (non-hydrogen) atoms. The van der Waals surface area contributed by atoms with Crippen molar-refractivity contribution in [3.8, 4) is 5.75 Å². The van der Waals surface area contributed by atoms with Gasteiger partial charge in [-0.3, -0.25) is 4.98 Å². The van der Waals surface area contributed by atoms with E-state index in [-0.39, 0.29) is 0 Å². The first-order chi connectivity index (χ1) is 8.69. The second-order valence-electron chi connectivity index (χ2n) is 3.99. The standard InChI is InChI=1S/C14H9BrClNO/c1-18-14-6-10-8(4-12(14)15)7-17-13-3-2-9(16)5-11(10)13/h2-7H,1H3. The summed E-state index contributed by atoms with van der Waals surface area (Å²) in [5.74, 6) is 0.801. The first kappa shape index (κ1) is 11.8. The monoisotopic (exact) mass is 321 g/mol. The van der Waals surface area contributed by atoms with E-state index in [4.69, 9.17) is 16.3 Å². The van der Waals surface area contributed by atoms with E-state index in [2.05, 4.69) is 20.9 Å². The number of methoxy groups -OCH3 is 1. The van der Waals surface area contributed by atoms with Crippen LogP contribution in [0.3, 0.4) is 0 Å². The molecule has 0 amide bonds. The number of halogens is 2. The molecule has 0 radical (unpaired) electrons. The smallest absolute Gasteiger partial charge is 0.133 e. The number of aromatic nitrogens is 1. The molecule has 0 unspecified atom stereocenters. The molecule has 4 heteroatoms. The minimum atomic E-state index is 0.707. The van der Waals surface area contributed by atoms with Crippen molar-refractivity contribution in [3.05, 3.63) is 46.0 Å². The maximum Gasteiger partial charge on any atom is 0.133 e. The van der Waals surface area contributed by atoms with E-state index in [0.717, 1.165) is 31.9 Å². The van der Waals surface area contributed by atoms with E-state index in [1.54, 1.807) is 7.11 Å². The van der Waals surface area contributed by atoms with Gasteiger partial charge in [-0.15, -0.1) is 0 Å². The molecule has 0 aliphatic carbocycles. The van der Waals surface area contributed by atoms with Gasteiger partial charge < -0.3 is 4.74 Å². The second-order valence-corrected chi connectivity index (χ2v) is 5.28. The third kappa shape index (κ3) is 1.84. The molecule has 3 aromatic rings. The molecule has 1 aromatic heterocycles. The maximum absolute atomic E-state index is 6.06. The zero-order chi connectivity index (χ0) is 12.7. The first-order valence-electron chi connectivity index (χ1n) is 5.40. The van der Waals surface area contributed by atoms with Crippen LogP contribution in [0.15, 0.2) is 41.0 Å². The van der Waals surface area contributed by atoms with E-state index >= 15 is 0 Å². The van der Waals surface area contributed by atoms with Crippen LogP contribution in [0.5, 0.6) is 5.75 Å². The first-order valence-corrected chi connectivity index (χ1v) is 6.57. The van der Waals surface area contributed by atoms with Gasteiger partial charge in [0.1, 0.15) is 5.75 Å². The Balaban J connectivity index is 2.48. The summed E-state index contributed by atoms with van der Waals surface area (Å²) in [7, 11) is 1.66. The van der Waals surface area contributed by atoms with E-state index in [1.807, 2.05) is 36.5 Å². The largest absolute Gasteiger partial charge is 0.496 e. The molecule has 2 aromatic carbocycles. The Hall–Kier alpha value is -1.32. The van der Waals surface area contributed by atoms with Crippen molar-refractivity contribution < 1.29 is 4.74 Å². The predicted molar refractivity (Wildman–Crippen MR) is 78.5 cm³/mol. The van der Waals surface area contributed by atoms with E-state index in [1.165, 1.54) is 0 Å². The predicted octanol–water partition coefficient (Wildman–Crippen LogP) is 4.81. The zero-order valence-corrected chi connectivity index (χ0v) is 11.9. The van der Waals surface area contributed by atoms with Crippen molar-refractivity contribution in [1.29, 1.82) is 0 Å². The van der Waals surface area contributed by atoms with Crippen molar-refractivity contribution in [2.75, 3.05) is 7.11 Å². The Bertz CT molecular complexity index is 757. The third-order valence-electron chi connectivity index (χ3n) is 2.92. The van der Waals surface area contributed by atoms with Crippen LogP contribution in [0, 0.1) is 0 Å². The number of pyridine rings is 1. The highest BCUT2D eigenvalue weighted by Crippen LogP contribution is 2.34. The average Bonchev–Trinajstić information content (AvgIpc) is 2.37. The van der Waals surface area contributed by atoms with Gasteiger partial charge >= 0.3 is 0 Å². The number of rotatable bonds is 1. The minimum Gasteiger partial charge on any atom is -0.496 e. The van der Waals surface area contributed by atoms with E-state index in [9.17, 15) is 0 Å². The second kappa shape index (κ2) is 4.41. The number of nitrogens with zero attached hydrogens (tertiary/aromatic N) is 1.